The van der Waals surface area contributed by atoms with Crippen LogP contribution in [0.4, 0.5) is 5.69 Å². The summed E-state index contributed by atoms with van der Waals surface area (Å²) in [6.07, 6.45) is 3.98. The Hall–Kier alpha value is -2.69. The number of pyridine rings is 1. The third kappa shape index (κ3) is 2.98. The average Bonchev–Trinajstić information content (AvgIpc) is 3.30. The van der Waals surface area contributed by atoms with Crippen LogP contribution in [0, 0.1) is 5.41 Å². The second-order valence-corrected chi connectivity index (χ2v) is 5.69. The van der Waals surface area contributed by atoms with Crippen LogP contribution in [0.1, 0.15) is 28.9 Å². The molecule has 0 aliphatic heterocycles. The van der Waals surface area contributed by atoms with Gasteiger partial charge in [0.15, 0.2) is 0 Å². The maximum atomic E-state index is 12.5. The molecule has 5 nitrogen and oxygen atoms in total. The third-order valence-corrected chi connectivity index (χ3v) is 3.99. The maximum absolute atomic E-state index is 12.5. The zero-order valence-corrected chi connectivity index (χ0v) is 12.1. The first-order valence-corrected chi connectivity index (χ1v) is 7.20. The molecule has 5 heteroatoms. The number of nitrogens with zero attached hydrogens (tertiary/aromatic N) is 1. The smallest absolute Gasteiger partial charge is 0.267 e. The van der Waals surface area contributed by atoms with Crippen molar-refractivity contribution < 1.29 is 9.59 Å². The van der Waals surface area contributed by atoms with Crippen molar-refractivity contribution in [1.82, 2.24) is 4.98 Å². The van der Waals surface area contributed by atoms with Gasteiger partial charge in [-0.15, -0.1) is 0 Å². The fraction of sp³-hybridized carbons (Fsp3) is 0.235. The highest BCUT2D eigenvalue weighted by atomic mass is 16.2. The van der Waals surface area contributed by atoms with Crippen LogP contribution >= 0.6 is 0 Å². The van der Waals surface area contributed by atoms with E-state index < -0.39 is 5.91 Å². The summed E-state index contributed by atoms with van der Waals surface area (Å²) in [5.74, 6) is -0.578. The molecule has 1 aromatic carbocycles. The fourth-order valence-electron chi connectivity index (χ4n) is 2.50. The van der Waals surface area contributed by atoms with Crippen molar-refractivity contribution in [3.05, 3.63) is 59.9 Å². The van der Waals surface area contributed by atoms with Crippen LogP contribution in [0.2, 0.25) is 0 Å². The van der Waals surface area contributed by atoms with Crippen molar-refractivity contribution in [2.24, 2.45) is 11.1 Å². The maximum Gasteiger partial charge on any atom is 0.267 e. The van der Waals surface area contributed by atoms with Gasteiger partial charge < -0.3 is 11.1 Å². The van der Waals surface area contributed by atoms with Gasteiger partial charge in [0.05, 0.1) is 17.3 Å². The minimum absolute atomic E-state index is 0.00461. The minimum atomic E-state index is -0.583. The number of carbonyl (C=O) groups is 2. The highest BCUT2D eigenvalue weighted by Crippen LogP contribution is 2.49. The molecule has 2 amide bonds. The molecule has 0 spiro atoms. The molecular weight excluding hydrogens is 278 g/mol. The van der Waals surface area contributed by atoms with Crippen LogP contribution in [-0.2, 0) is 11.2 Å². The number of nitrogens with one attached hydrogen (secondary N) is 1. The number of nitrogens with two attached hydrogens (primary N) is 1. The first kappa shape index (κ1) is 14.3. The van der Waals surface area contributed by atoms with Crippen molar-refractivity contribution in [2.75, 3.05) is 5.32 Å². The second kappa shape index (κ2) is 5.60. The highest BCUT2D eigenvalue weighted by molar-refractivity contribution is 5.97. The number of carbonyl (C=O) groups excluding carboxylic acids is 2. The molecule has 112 valence electrons. The summed E-state index contributed by atoms with van der Waals surface area (Å²) in [6, 6.07) is 13.2. The zero-order valence-electron chi connectivity index (χ0n) is 12.1. The van der Waals surface area contributed by atoms with Gasteiger partial charge in [-0.05, 0) is 37.0 Å². The van der Waals surface area contributed by atoms with Gasteiger partial charge in [-0.25, -0.2) is 4.98 Å². The molecule has 0 bridgehead atoms. The lowest BCUT2D eigenvalue weighted by Crippen LogP contribution is -2.26. The molecule has 1 heterocycles. The van der Waals surface area contributed by atoms with Gasteiger partial charge in [-0.3, -0.25) is 9.59 Å². The summed E-state index contributed by atoms with van der Waals surface area (Å²) in [5, 5.41) is 2.88. The van der Waals surface area contributed by atoms with Gasteiger partial charge in [0.25, 0.3) is 5.91 Å². The molecule has 2 aromatic rings. The highest BCUT2D eigenvalue weighted by Gasteiger charge is 2.49. The Morgan fingerprint density at radius 3 is 2.41 bits per heavy atom. The summed E-state index contributed by atoms with van der Waals surface area (Å²) >= 11 is 0. The van der Waals surface area contributed by atoms with Crippen molar-refractivity contribution in [3.8, 4) is 0 Å². The predicted octanol–water partition coefficient (Wildman–Crippen LogP) is 2.14. The van der Waals surface area contributed by atoms with E-state index in [4.69, 9.17) is 5.73 Å². The van der Waals surface area contributed by atoms with Crippen molar-refractivity contribution in [1.29, 1.82) is 0 Å². The molecule has 1 aliphatic rings. The van der Waals surface area contributed by atoms with E-state index in [0.717, 1.165) is 24.8 Å². The summed E-state index contributed by atoms with van der Waals surface area (Å²) in [6.45, 7) is 0. The van der Waals surface area contributed by atoms with Gasteiger partial charge in [0.2, 0.25) is 5.91 Å². The molecule has 1 aliphatic carbocycles. The minimum Gasteiger partial charge on any atom is -0.364 e. The number of rotatable bonds is 5. The summed E-state index contributed by atoms with van der Waals surface area (Å²) in [7, 11) is 0. The number of aromatic nitrogens is 1. The van der Waals surface area contributed by atoms with Gasteiger partial charge in [-0.2, -0.15) is 0 Å². The normalized spacial score (nSPS) is 15.1. The van der Waals surface area contributed by atoms with E-state index in [-0.39, 0.29) is 17.0 Å². The summed E-state index contributed by atoms with van der Waals surface area (Å²) < 4.78 is 0. The van der Waals surface area contributed by atoms with E-state index >= 15 is 0 Å². The Bertz CT molecular complexity index is 692. The fourth-order valence-corrected chi connectivity index (χ4v) is 2.50. The molecule has 1 fully saturated rings. The molecule has 22 heavy (non-hydrogen) atoms. The topological polar surface area (TPSA) is 85.1 Å². The van der Waals surface area contributed by atoms with E-state index in [9.17, 15) is 9.59 Å². The molecule has 3 N–H and O–H groups in total. The monoisotopic (exact) mass is 295 g/mol. The number of amides is 2. The molecule has 0 saturated heterocycles. The zero-order chi connectivity index (χ0) is 15.6. The first-order valence-electron chi connectivity index (χ1n) is 7.20. The SMILES string of the molecule is NC(=O)c1ccc(NC(=O)C2(Cc3ccccc3)CC2)cn1. The molecular formula is C17H17N3O2. The third-order valence-electron chi connectivity index (χ3n) is 3.99. The Morgan fingerprint density at radius 2 is 1.86 bits per heavy atom. The van der Waals surface area contributed by atoms with E-state index in [1.165, 1.54) is 12.3 Å². The number of hydrogen-bond acceptors (Lipinski definition) is 3. The molecule has 1 aromatic heterocycles. The number of anilines is 1. The Kier molecular flexibility index (Phi) is 3.63. The van der Waals surface area contributed by atoms with Crippen LogP contribution in [0.3, 0.4) is 0 Å². The summed E-state index contributed by atoms with van der Waals surface area (Å²) in [4.78, 5) is 27.4. The van der Waals surface area contributed by atoms with Gasteiger partial charge >= 0.3 is 0 Å². The lowest BCUT2D eigenvalue weighted by Gasteiger charge is -2.15. The van der Waals surface area contributed by atoms with E-state index in [2.05, 4.69) is 10.3 Å². The van der Waals surface area contributed by atoms with E-state index in [1.54, 1.807) is 6.07 Å². The standard InChI is InChI=1S/C17H17N3O2/c18-15(21)14-7-6-13(11-19-14)20-16(22)17(8-9-17)10-12-4-2-1-3-5-12/h1-7,11H,8-10H2,(H2,18,21)(H,20,22). The Labute approximate surface area is 128 Å². The number of primary amides is 1. The molecule has 3 rings (SSSR count). The second-order valence-electron chi connectivity index (χ2n) is 5.69. The lowest BCUT2D eigenvalue weighted by molar-refractivity contribution is -0.121. The first-order chi connectivity index (χ1) is 10.6. The van der Waals surface area contributed by atoms with Crippen molar-refractivity contribution in [3.63, 3.8) is 0 Å². The van der Waals surface area contributed by atoms with Gasteiger partial charge in [0.1, 0.15) is 5.69 Å². The number of hydrogen-bond donors (Lipinski definition) is 2. The van der Waals surface area contributed by atoms with Crippen LogP contribution in [0.5, 0.6) is 0 Å². The van der Waals surface area contributed by atoms with E-state index in [0.29, 0.717) is 5.69 Å². The van der Waals surface area contributed by atoms with Crippen LogP contribution in [0.25, 0.3) is 0 Å². The average molecular weight is 295 g/mol. The molecule has 0 atom stereocenters. The van der Waals surface area contributed by atoms with Crippen LogP contribution < -0.4 is 11.1 Å². The summed E-state index contributed by atoms with van der Waals surface area (Å²) in [5.41, 5.74) is 6.75. The molecule has 0 radical (unpaired) electrons. The lowest BCUT2D eigenvalue weighted by atomic mass is 9.95. The van der Waals surface area contributed by atoms with E-state index in [1.807, 2.05) is 30.3 Å². The predicted molar refractivity (Wildman–Crippen MR) is 83.2 cm³/mol. The Balaban J connectivity index is 1.67. The van der Waals surface area contributed by atoms with Gasteiger partial charge in [0, 0.05) is 0 Å². The number of benzene rings is 1. The van der Waals surface area contributed by atoms with Gasteiger partial charge in [-0.1, -0.05) is 30.3 Å². The van der Waals surface area contributed by atoms with Crippen LogP contribution in [-0.4, -0.2) is 16.8 Å². The van der Waals surface area contributed by atoms with Crippen molar-refractivity contribution in [2.45, 2.75) is 19.3 Å². The Morgan fingerprint density at radius 1 is 1.14 bits per heavy atom. The van der Waals surface area contributed by atoms with Crippen LogP contribution in [0.15, 0.2) is 48.7 Å². The largest absolute Gasteiger partial charge is 0.364 e. The molecule has 0 unspecified atom stereocenters. The van der Waals surface area contributed by atoms with Crippen molar-refractivity contribution >= 4 is 17.5 Å². The molecule has 1 saturated carbocycles. The quantitative estimate of drug-likeness (QED) is 0.886.